The summed E-state index contributed by atoms with van der Waals surface area (Å²) in [4.78, 5) is 12.4. The van der Waals surface area contributed by atoms with Crippen molar-refractivity contribution in [1.29, 1.82) is 0 Å². The second-order valence-electron chi connectivity index (χ2n) is 4.76. The van der Waals surface area contributed by atoms with Gasteiger partial charge in [0.25, 0.3) is 0 Å². The van der Waals surface area contributed by atoms with Crippen LogP contribution in [0.3, 0.4) is 0 Å². The van der Waals surface area contributed by atoms with E-state index >= 15 is 0 Å². The lowest BCUT2D eigenvalue weighted by atomic mass is 10.2. The van der Waals surface area contributed by atoms with Gasteiger partial charge in [0.05, 0.1) is 5.69 Å². The van der Waals surface area contributed by atoms with Gasteiger partial charge in [0.15, 0.2) is 0 Å². The number of rotatable bonds is 3. The zero-order chi connectivity index (χ0) is 14.7. The maximum absolute atomic E-state index is 12.4. The highest BCUT2D eigenvalue weighted by Crippen LogP contribution is 2.16. The number of nitrogens with zero attached hydrogens (tertiary/aromatic N) is 3. The van der Waals surface area contributed by atoms with E-state index in [0.29, 0.717) is 0 Å². The van der Waals surface area contributed by atoms with Crippen LogP contribution in [0.5, 0.6) is 0 Å². The highest BCUT2D eigenvalue weighted by atomic mass is 16.2. The van der Waals surface area contributed by atoms with Gasteiger partial charge in [-0.05, 0) is 24.3 Å². The highest BCUT2D eigenvalue weighted by Gasteiger charge is 2.40. The molecule has 0 spiro atoms. The van der Waals surface area contributed by atoms with E-state index in [9.17, 15) is 4.79 Å². The predicted molar refractivity (Wildman–Crippen MR) is 80.3 cm³/mol. The molecular formula is C16H15N4O+. The Balaban J connectivity index is 1.81. The minimum absolute atomic E-state index is 0.126. The van der Waals surface area contributed by atoms with E-state index in [1.807, 2.05) is 67.6 Å². The van der Waals surface area contributed by atoms with Crippen molar-refractivity contribution in [1.82, 2.24) is 0 Å². The van der Waals surface area contributed by atoms with Gasteiger partial charge in [-0.3, -0.25) is 4.79 Å². The normalized spacial score (nSPS) is 18.3. The maximum Gasteiger partial charge on any atom is 0.320 e. The first-order valence-corrected chi connectivity index (χ1v) is 6.71. The van der Waals surface area contributed by atoms with Gasteiger partial charge in [-0.15, -0.1) is 5.10 Å². The predicted octanol–water partition coefficient (Wildman–Crippen LogP) is 1.64. The van der Waals surface area contributed by atoms with Gasteiger partial charge in [0.2, 0.25) is 11.8 Å². The van der Waals surface area contributed by atoms with Gasteiger partial charge in [-0.25, -0.2) is 0 Å². The molecule has 3 rings (SSSR count). The fourth-order valence-electron chi connectivity index (χ4n) is 2.12. The number of para-hydroxylation sites is 1. The molecule has 1 heterocycles. The van der Waals surface area contributed by atoms with Gasteiger partial charge in [-0.2, -0.15) is 10.2 Å². The number of azo groups is 1. The third-order valence-corrected chi connectivity index (χ3v) is 3.21. The van der Waals surface area contributed by atoms with Crippen LogP contribution in [0.2, 0.25) is 0 Å². The Morgan fingerprint density at radius 3 is 2.29 bits per heavy atom. The largest absolute Gasteiger partial charge is 0.320 e. The van der Waals surface area contributed by atoms with Crippen molar-refractivity contribution in [3.8, 4) is 0 Å². The smallest absolute Gasteiger partial charge is 0.265 e. The van der Waals surface area contributed by atoms with Crippen molar-refractivity contribution in [2.45, 2.75) is 13.0 Å². The standard InChI is InChI=1S/C16H14N4O/c1-12-15(18-17-13-8-4-2-5-9-13)16(21)20(19-12)14-10-6-3-7-11-14/h2-11,15H,1H3/p+1. The zero-order valence-electron chi connectivity index (χ0n) is 11.6. The van der Waals surface area contributed by atoms with Crippen molar-refractivity contribution in [2.24, 2.45) is 10.2 Å². The Labute approximate surface area is 122 Å². The lowest BCUT2D eigenvalue weighted by Crippen LogP contribution is -2.81. The van der Waals surface area contributed by atoms with Crippen LogP contribution < -0.4 is 10.1 Å². The molecular weight excluding hydrogens is 264 g/mol. The zero-order valence-corrected chi connectivity index (χ0v) is 11.6. The first-order chi connectivity index (χ1) is 10.3. The van der Waals surface area contributed by atoms with Crippen LogP contribution in [0, 0.1) is 0 Å². The van der Waals surface area contributed by atoms with E-state index in [-0.39, 0.29) is 5.91 Å². The number of carbonyl (C=O) groups is 1. The van der Waals surface area contributed by atoms with Crippen molar-refractivity contribution >= 4 is 23.0 Å². The van der Waals surface area contributed by atoms with Crippen LogP contribution in [0.25, 0.3) is 0 Å². The minimum atomic E-state index is -0.592. The van der Waals surface area contributed by atoms with Crippen LogP contribution in [0.4, 0.5) is 11.4 Å². The van der Waals surface area contributed by atoms with Crippen molar-refractivity contribution in [3.63, 3.8) is 0 Å². The molecule has 1 aliphatic rings. The first-order valence-electron chi connectivity index (χ1n) is 6.71. The summed E-state index contributed by atoms with van der Waals surface area (Å²) in [6.45, 7) is 1.84. The molecule has 1 atom stereocenters. The SMILES string of the molecule is CC1=[NH+]N(c2ccccc2)C(=O)C1N=Nc1ccccc1. The number of carbonyl (C=O) groups excluding carboxylic acids is 1. The van der Waals surface area contributed by atoms with Crippen molar-refractivity contribution < 1.29 is 9.90 Å². The molecule has 2 aromatic rings. The molecule has 0 radical (unpaired) electrons. The van der Waals surface area contributed by atoms with Crippen molar-refractivity contribution in [2.75, 3.05) is 5.01 Å². The van der Waals surface area contributed by atoms with Crippen LogP contribution in [0.15, 0.2) is 70.9 Å². The Bertz CT molecular complexity index is 695. The quantitative estimate of drug-likeness (QED) is 0.853. The van der Waals surface area contributed by atoms with Gasteiger partial charge in [0, 0.05) is 6.92 Å². The summed E-state index contributed by atoms with van der Waals surface area (Å²) in [5.41, 5.74) is 2.29. The summed E-state index contributed by atoms with van der Waals surface area (Å²) in [5, 5.41) is 12.9. The fourth-order valence-corrected chi connectivity index (χ4v) is 2.12. The van der Waals surface area contributed by atoms with Gasteiger partial charge >= 0.3 is 5.91 Å². The number of hydrogen-bond donors (Lipinski definition) is 1. The number of hydrazone groups is 1. The molecule has 1 aliphatic heterocycles. The maximum atomic E-state index is 12.4. The molecule has 2 aromatic carbocycles. The van der Waals surface area contributed by atoms with Crippen LogP contribution >= 0.6 is 0 Å². The molecule has 0 aliphatic carbocycles. The second kappa shape index (κ2) is 5.66. The number of nitrogens with one attached hydrogen (secondary N) is 1. The van der Waals surface area contributed by atoms with E-state index in [4.69, 9.17) is 0 Å². The Hall–Kier alpha value is -2.82. The molecule has 5 heteroatoms. The van der Waals surface area contributed by atoms with E-state index < -0.39 is 6.04 Å². The second-order valence-corrected chi connectivity index (χ2v) is 4.76. The van der Waals surface area contributed by atoms with E-state index in [1.165, 1.54) is 5.01 Å². The molecule has 0 aromatic heterocycles. The topological polar surface area (TPSA) is 59.0 Å². The number of benzene rings is 2. The number of anilines is 1. The van der Waals surface area contributed by atoms with Gasteiger partial charge in [0.1, 0.15) is 5.69 Å². The fraction of sp³-hybridized carbons (Fsp3) is 0.125. The minimum Gasteiger partial charge on any atom is -0.265 e. The summed E-state index contributed by atoms with van der Waals surface area (Å²) in [7, 11) is 0. The Morgan fingerprint density at radius 2 is 1.62 bits per heavy atom. The first kappa shape index (κ1) is 13.2. The molecule has 1 N–H and O–H groups in total. The molecule has 5 nitrogen and oxygen atoms in total. The lowest BCUT2D eigenvalue weighted by Gasteiger charge is -2.06. The molecule has 0 bridgehead atoms. The monoisotopic (exact) mass is 279 g/mol. The van der Waals surface area contributed by atoms with E-state index in [1.54, 1.807) is 0 Å². The average Bonchev–Trinajstić information content (AvgIpc) is 2.82. The summed E-state index contributed by atoms with van der Waals surface area (Å²) in [6, 6.07) is 18.2. The van der Waals surface area contributed by atoms with E-state index in [2.05, 4.69) is 15.3 Å². The number of hydrogen-bond acceptors (Lipinski definition) is 3. The Morgan fingerprint density at radius 1 is 1.00 bits per heavy atom. The van der Waals surface area contributed by atoms with Crippen LogP contribution in [-0.4, -0.2) is 17.7 Å². The molecule has 0 saturated carbocycles. The number of amides is 1. The Kier molecular flexibility index (Phi) is 3.55. The van der Waals surface area contributed by atoms with Gasteiger partial charge in [-0.1, -0.05) is 41.4 Å². The molecule has 1 amide bonds. The summed E-state index contributed by atoms with van der Waals surface area (Å²) in [6.07, 6.45) is 0. The molecule has 104 valence electrons. The van der Waals surface area contributed by atoms with Gasteiger partial charge < -0.3 is 0 Å². The van der Waals surface area contributed by atoms with E-state index in [0.717, 1.165) is 17.1 Å². The molecule has 21 heavy (non-hydrogen) atoms. The van der Waals surface area contributed by atoms with Crippen molar-refractivity contribution in [3.05, 3.63) is 60.7 Å². The molecule has 0 saturated heterocycles. The molecule has 1 unspecified atom stereocenters. The third kappa shape index (κ3) is 2.72. The van der Waals surface area contributed by atoms with Crippen LogP contribution in [-0.2, 0) is 4.79 Å². The summed E-state index contributed by atoms with van der Waals surface area (Å²) < 4.78 is 0. The summed E-state index contributed by atoms with van der Waals surface area (Å²) in [5.74, 6) is -0.126. The lowest BCUT2D eigenvalue weighted by molar-refractivity contribution is -0.455. The number of hydrazine groups is 1. The summed E-state index contributed by atoms with van der Waals surface area (Å²) >= 11 is 0. The third-order valence-electron chi connectivity index (χ3n) is 3.21. The van der Waals surface area contributed by atoms with Crippen LogP contribution in [0.1, 0.15) is 6.92 Å². The highest BCUT2D eigenvalue weighted by molar-refractivity contribution is 6.13. The molecule has 0 fully saturated rings. The average molecular weight is 279 g/mol.